The molecule has 3 heteroatoms. The molecule has 0 aromatic carbocycles. The summed E-state index contributed by atoms with van der Waals surface area (Å²) in [5.74, 6) is 0. The molecule has 1 heterocycles. The van der Waals surface area contributed by atoms with E-state index in [1.54, 1.807) is 0 Å². The molecule has 1 aliphatic rings. The lowest BCUT2D eigenvalue weighted by Crippen LogP contribution is -2.48. The van der Waals surface area contributed by atoms with Crippen molar-refractivity contribution in [3.05, 3.63) is 0 Å². The van der Waals surface area contributed by atoms with E-state index in [0.717, 1.165) is 6.42 Å². The number of hydrogen-bond acceptors (Lipinski definition) is 3. The van der Waals surface area contributed by atoms with Crippen molar-refractivity contribution >= 4 is 0 Å². The molecule has 1 aliphatic heterocycles. The lowest BCUT2D eigenvalue weighted by Gasteiger charge is -2.29. The fourth-order valence-corrected chi connectivity index (χ4v) is 2.22. The molecule has 1 saturated heterocycles. The predicted octanol–water partition coefficient (Wildman–Crippen LogP) is 1.30. The van der Waals surface area contributed by atoms with Crippen molar-refractivity contribution in [3.63, 3.8) is 0 Å². The Kier molecular flexibility index (Phi) is 3.24. The number of aliphatic hydroxyl groups is 1. The number of aliphatic hydroxyl groups excluding tert-OH is 1. The van der Waals surface area contributed by atoms with Crippen molar-refractivity contribution in [1.82, 2.24) is 5.32 Å². The first-order valence-electron chi connectivity index (χ1n) is 5.34. The molecule has 84 valence electrons. The number of rotatable bonds is 3. The first-order chi connectivity index (χ1) is 6.27. The third-order valence-corrected chi connectivity index (χ3v) is 2.83. The predicted molar refractivity (Wildman–Crippen MR) is 57.3 cm³/mol. The van der Waals surface area contributed by atoms with Gasteiger partial charge in [0.1, 0.15) is 0 Å². The minimum absolute atomic E-state index is 0.0592. The van der Waals surface area contributed by atoms with E-state index in [1.807, 2.05) is 6.92 Å². The highest BCUT2D eigenvalue weighted by Crippen LogP contribution is 2.37. The van der Waals surface area contributed by atoms with E-state index < -0.39 is 0 Å². The van der Waals surface area contributed by atoms with Crippen molar-refractivity contribution < 1.29 is 9.84 Å². The standard InChI is InChI=1S/C11H23NO2/c1-8(7-13)12-9-6-10(2,3)14-11(9,4)5/h8-9,12-13H,6-7H2,1-5H3/t8-,9-/m1/s1. The van der Waals surface area contributed by atoms with Crippen LogP contribution in [0.5, 0.6) is 0 Å². The van der Waals surface area contributed by atoms with Crippen LogP contribution in [-0.2, 0) is 4.74 Å². The van der Waals surface area contributed by atoms with Crippen LogP contribution >= 0.6 is 0 Å². The summed E-state index contributed by atoms with van der Waals surface area (Å²) in [6.45, 7) is 10.6. The molecular weight excluding hydrogens is 178 g/mol. The second-order valence-corrected chi connectivity index (χ2v) is 5.47. The molecule has 0 saturated carbocycles. The SMILES string of the molecule is C[C@H](CO)N[C@@H]1CC(C)(C)OC1(C)C. The largest absolute Gasteiger partial charge is 0.395 e. The van der Waals surface area contributed by atoms with Gasteiger partial charge in [0.15, 0.2) is 0 Å². The summed E-state index contributed by atoms with van der Waals surface area (Å²) in [4.78, 5) is 0. The molecule has 0 spiro atoms. The average molecular weight is 201 g/mol. The fraction of sp³-hybridized carbons (Fsp3) is 1.00. The molecule has 1 rings (SSSR count). The van der Waals surface area contributed by atoms with Gasteiger partial charge >= 0.3 is 0 Å². The van der Waals surface area contributed by atoms with Crippen LogP contribution in [0.1, 0.15) is 41.0 Å². The van der Waals surface area contributed by atoms with Crippen LogP contribution in [0, 0.1) is 0 Å². The van der Waals surface area contributed by atoms with Gasteiger partial charge in [-0.25, -0.2) is 0 Å². The summed E-state index contributed by atoms with van der Waals surface area (Å²) in [6.07, 6.45) is 0.990. The quantitative estimate of drug-likeness (QED) is 0.723. The maximum absolute atomic E-state index is 8.99. The van der Waals surface area contributed by atoms with Crippen LogP contribution in [0.2, 0.25) is 0 Å². The van der Waals surface area contributed by atoms with Gasteiger partial charge in [-0.3, -0.25) is 0 Å². The van der Waals surface area contributed by atoms with Crippen molar-refractivity contribution in [1.29, 1.82) is 0 Å². The van der Waals surface area contributed by atoms with E-state index in [-0.39, 0.29) is 23.9 Å². The number of nitrogens with one attached hydrogen (secondary N) is 1. The summed E-state index contributed by atoms with van der Waals surface area (Å²) in [6, 6.07) is 0.455. The molecule has 3 nitrogen and oxygen atoms in total. The molecular formula is C11H23NO2. The maximum Gasteiger partial charge on any atom is 0.0787 e. The molecule has 0 bridgehead atoms. The number of ether oxygens (including phenoxy) is 1. The van der Waals surface area contributed by atoms with Crippen molar-refractivity contribution in [2.75, 3.05) is 6.61 Å². The Labute approximate surface area is 86.8 Å². The van der Waals surface area contributed by atoms with Crippen LogP contribution < -0.4 is 5.32 Å². The first kappa shape index (κ1) is 12.0. The fourth-order valence-electron chi connectivity index (χ4n) is 2.22. The van der Waals surface area contributed by atoms with E-state index in [0.29, 0.717) is 6.04 Å². The summed E-state index contributed by atoms with van der Waals surface area (Å²) < 4.78 is 5.95. The Morgan fingerprint density at radius 2 is 2.00 bits per heavy atom. The van der Waals surface area contributed by atoms with Crippen LogP contribution in [0.3, 0.4) is 0 Å². The van der Waals surface area contributed by atoms with Crippen LogP contribution in [0.4, 0.5) is 0 Å². The second-order valence-electron chi connectivity index (χ2n) is 5.47. The Balaban J connectivity index is 2.61. The van der Waals surface area contributed by atoms with Gasteiger partial charge in [0, 0.05) is 12.1 Å². The van der Waals surface area contributed by atoms with Crippen LogP contribution in [-0.4, -0.2) is 35.0 Å². The van der Waals surface area contributed by atoms with Gasteiger partial charge in [0.2, 0.25) is 0 Å². The third kappa shape index (κ3) is 2.69. The van der Waals surface area contributed by atoms with Gasteiger partial charge in [0.05, 0.1) is 17.8 Å². The summed E-state index contributed by atoms with van der Waals surface area (Å²) in [5.41, 5.74) is -0.205. The normalized spacial score (nSPS) is 31.7. The molecule has 14 heavy (non-hydrogen) atoms. The zero-order valence-corrected chi connectivity index (χ0v) is 9.92. The summed E-state index contributed by atoms with van der Waals surface area (Å²) in [7, 11) is 0. The second kappa shape index (κ2) is 3.80. The molecule has 0 aromatic heterocycles. The summed E-state index contributed by atoms with van der Waals surface area (Å²) >= 11 is 0. The Hall–Kier alpha value is -0.120. The maximum atomic E-state index is 8.99. The minimum atomic E-state index is -0.146. The van der Waals surface area contributed by atoms with Gasteiger partial charge in [-0.05, 0) is 41.0 Å². The Bertz CT molecular complexity index is 201. The molecule has 0 amide bonds. The molecule has 0 aliphatic carbocycles. The minimum Gasteiger partial charge on any atom is -0.395 e. The lowest BCUT2D eigenvalue weighted by atomic mass is 9.94. The van der Waals surface area contributed by atoms with Gasteiger partial charge < -0.3 is 15.2 Å². The van der Waals surface area contributed by atoms with E-state index >= 15 is 0 Å². The highest BCUT2D eigenvalue weighted by molar-refractivity contribution is 4.99. The van der Waals surface area contributed by atoms with Gasteiger partial charge in [-0.15, -0.1) is 0 Å². The van der Waals surface area contributed by atoms with E-state index in [1.165, 1.54) is 0 Å². The van der Waals surface area contributed by atoms with Gasteiger partial charge in [0.25, 0.3) is 0 Å². The highest BCUT2D eigenvalue weighted by atomic mass is 16.5. The molecule has 2 atom stereocenters. The zero-order valence-electron chi connectivity index (χ0n) is 9.92. The third-order valence-electron chi connectivity index (χ3n) is 2.83. The highest BCUT2D eigenvalue weighted by Gasteiger charge is 2.45. The Morgan fingerprint density at radius 1 is 1.43 bits per heavy atom. The molecule has 1 fully saturated rings. The lowest BCUT2D eigenvalue weighted by molar-refractivity contribution is -0.0706. The summed E-state index contributed by atoms with van der Waals surface area (Å²) in [5, 5.41) is 12.4. The van der Waals surface area contributed by atoms with Crippen molar-refractivity contribution in [2.45, 2.75) is 64.3 Å². The topological polar surface area (TPSA) is 41.5 Å². The van der Waals surface area contributed by atoms with Crippen molar-refractivity contribution in [3.8, 4) is 0 Å². The van der Waals surface area contributed by atoms with Crippen LogP contribution in [0.15, 0.2) is 0 Å². The van der Waals surface area contributed by atoms with Crippen LogP contribution in [0.25, 0.3) is 0 Å². The molecule has 2 N–H and O–H groups in total. The molecule has 0 unspecified atom stereocenters. The van der Waals surface area contributed by atoms with E-state index in [2.05, 4.69) is 33.0 Å². The monoisotopic (exact) mass is 201 g/mol. The van der Waals surface area contributed by atoms with E-state index in [9.17, 15) is 0 Å². The smallest absolute Gasteiger partial charge is 0.0787 e. The molecule has 0 radical (unpaired) electrons. The Morgan fingerprint density at radius 3 is 2.36 bits per heavy atom. The average Bonchev–Trinajstić information content (AvgIpc) is 2.19. The first-order valence-corrected chi connectivity index (χ1v) is 5.34. The van der Waals surface area contributed by atoms with E-state index in [4.69, 9.17) is 9.84 Å². The number of hydrogen-bond donors (Lipinski definition) is 2. The van der Waals surface area contributed by atoms with Gasteiger partial charge in [-0.2, -0.15) is 0 Å². The molecule has 0 aromatic rings. The van der Waals surface area contributed by atoms with Gasteiger partial charge in [-0.1, -0.05) is 0 Å². The zero-order chi connectivity index (χ0) is 11.0. The van der Waals surface area contributed by atoms with Crippen molar-refractivity contribution in [2.24, 2.45) is 0 Å².